The highest BCUT2D eigenvalue weighted by atomic mass is 32.2. The molecule has 0 saturated heterocycles. The van der Waals surface area contributed by atoms with Crippen molar-refractivity contribution in [3.63, 3.8) is 0 Å². The number of thioether (sulfide) groups is 1. The Morgan fingerprint density at radius 1 is 1.15 bits per heavy atom. The predicted octanol–water partition coefficient (Wildman–Crippen LogP) is 5.81. The molecule has 2 heteroatoms. The number of ether oxygens (including phenoxy) is 1. The van der Waals surface area contributed by atoms with Gasteiger partial charge in [-0.2, -0.15) is 0 Å². The van der Waals surface area contributed by atoms with Gasteiger partial charge in [-0.25, -0.2) is 0 Å². The van der Waals surface area contributed by atoms with Crippen LogP contribution in [0.4, 0.5) is 0 Å². The van der Waals surface area contributed by atoms with Crippen LogP contribution in [0.5, 0.6) is 5.75 Å². The first-order chi connectivity index (χ1) is 9.65. The summed E-state index contributed by atoms with van der Waals surface area (Å²) >= 11 is 1.98. The molecule has 1 aromatic carbocycles. The summed E-state index contributed by atoms with van der Waals surface area (Å²) in [7, 11) is 0. The Labute approximate surface area is 128 Å². The molecule has 20 heavy (non-hydrogen) atoms. The number of rotatable bonds is 7. The van der Waals surface area contributed by atoms with Crippen molar-refractivity contribution < 1.29 is 4.74 Å². The molecule has 0 aromatic heterocycles. The predicted molar refractivity (Wildman–Crippen MR) is 89.1 cm³/mol. The second-order valence-corrected chi connectivity index (χ2v) is 7.51. The van der Waals surface area contributed by atoms with Gasteiger partial charge in [-0.3, -0.25) is 0 Å². The minimum atomic E-state index is 0.249. The molecule has 0 amide bonds. The molecule has 0 N–H and O–H groups in total. The molecule has 0 unspecified atom stereocenters. The average molecular weight is 292 g/mol. The largest absolute Gasteiger partial charge is 0.493 e. The van der Waals surface area contributed by atoms with Gasteiger partial charge in [0.2, 0.25) is 0 Å². The topological polar surface area (TPSA) is 9.23 Å². The zero-order chi connectivity index (χ0) is 14.4. The van der Waals surface area contributed by atoms with E-state index in [4.69, 9.17) is 4.74 Å². The zero-order valence-electron chi connectivity index (χ0n) is 13.2. The first kappa shape index (κ1) is 15.8. The van der Waals surface area contributed by atoms with Crippen LogP contribution in [-0.2, 0) is 5.41 Å². The Bertz CT molecular complexity index is 425. The van der Waals surface area contributed by atoms with Gasteiger partial charge < -0.3 is 4.74 Å². The average Bonchev–Trinajstić information content (AvgIpc) is 2.42. The van der Waals surface area contributed by atoms with E-state index in [1.807, 2.05) is 11.8 Å². The highest BCUT2D eigenvalue weighted by Gasteiger charge is 2.30. The quantitative estimate of drug-likeness (QED) is 0.586. The molecule has 1 aromatic rings. The highest BCUT2D eigenvalue weighted by molar-refractivity contribution is 7.99. The lowest BCUT2D eigenvalue weighted by Gasteiger charge is -2.33. The van der Waals surface area contributed by atoms with Crippen LogP contribution in [0.25, 0.3) is 0 Å². The maximum atomic E-state index is 6.11. The minimum absolute atomic E-state index is 0.249. The molecule has 0 spiro atoms. The van der Waals surface area contributed by atoms with Crippen LogP contribution < -0.4 is 4.74 Å². The molecular formula is C18H28OS. The first-order valence-corrected chi connectivity index (χ1v) is 9.03. The van der Waals surface area contributed by atoms with Crippen LogP contribution in [0.3, 0.4) is 0 Å². The maximum Gasteiger partial charge on any atom is 0.124 e. The van der Waals surface area contributed by atoms with Gasteiger partial charge in [-0.05, 0) is 36.1 Å². The van der Waals surface area contributed by atoms with Crippen LogP contribution in [0.2, 0.25) is 0 Å². The summed E-state index contributed by atoms with van der Waals surface area (Å²) in [6, 6.07) is 6.53. The molecule has 2 rings (SSSR count). The van der Waals surface area contributed by atoms with Gasteiger partial charge in [0.1, 0.15) is 5.75 Å². The van der Waals surface area contributed by atoms with E-state index in [0.717, 1.165) is 12.4 Å². The van der Waals surface area contributed by atoms with Crippen molar-refractivity contribution >= 4 is 11.8 Å². The number of hydrogen-bond acceptors (Lipinski definition) is 2. The van der Waals surface area contributed by atoms with Gasteiger partial charge in [-0.15, -0.1) is 11.8 Å². The van der Waals surface area contributed by atoms with Crippen LogP contribution in [0, 0.1) is 0 Å². The lowest BCUT2D eigenvalue weighted by Crippen LogP contribution is -2.23. The summed E-state index contributed by atoms with van der Waals surface area (Å²) < 4.78 is 6.11. The van der Waals surface area contributed by atoms with Crippen molar-refractivity contribution in [2.24, 2.45) is 0 Å². The zero-order valence-corrected chi connectivity index (χ0v) is 14.0. The monoisotopic (exact) mass is 292 g/mol. The standard InChI is InChI=1S/C18H28OS/c1-4-5-6-7-8-13-19-15-10-9-11-16-17(15)18(2,3)12-14-20-16/h9-11H,4-8,12-14H2,1-3H3. The van der Waals surface area contributed by atoms with Crippen molar-refractivity contribution in [1.82, 2.24) is 0 Å². The summed E-state index contributed by atoms with van der Waals surface area (Å²) in [6.07, 6.45) is 7.71. The van der Waals surface area contributed by atoms with E-state index >= 15 is 0 Å². The van der Waals surface area contributed by atoms with Crippen LogP contribution in [-0.4, -0.2) is 12.4 Å². The lowest BCUT2D eigenvalue weighted by molar-refractivity contribution is 0.292. The summed E-state index contributed by atoms with van der Waals surface area (Å²) in [5.41, 5.74) is 1.68. The maximum absolute atomic E-state index is 6.11. The van der Waals surface area contributed by atoms with Gasteiger partial charge in [0.15, 0.2) is 0 Å². The first-order valence-electron chi connectivity index (χ1n) is 8.04. The summed E-state index contributed by atoms with van der Waals surface area (Å²) in [6.45, 7) is 7.81. The van der Waals surface area contributed by atoms with E-state index in [-0.39, 0.29) is 5.41 Å². The molecule has 0 atom stereocenters. The second-order valence-electron chi connectivity index (χ2n) is 6.37. The van der Waals surface area contributed by atoms with Gasteiger partial charge in [0.05, 0.1) is 6.61 Å². The van der Waals surface area contributed by atoms with E-state index in [2.05, 4.69) is 39.0 Å². The Hall–Kier alpha value is -0.630. The van der Waals surface area contributed by atoms with Gasteiger partial charge in [0.25, 0.3) is 0 Å². The van der Waals surface area contributed by atoms with Crippen molar-refractivity contribution in [3.8, 4) is 5.75 Å². The van der Waals surface area contributed by atoms with E-state index in [9.17, 15) is 0 Å². The Balaban J connectivity index is 1.95. The number of unbranched alkanes of at least 4 members (excludes halogenated alkanes) is 4. The van der Waals surface area contributed by atoms with Gasteiger partial charge >= 0.3 is 0 Å². The van der Waals surface area contributed by atoms with Crippen molar-refractivity contribution in [2.45, 2.75) is 69.6 Å². The van der Waals surface area contributed by atoms with Crippen LogP contribution >= 0.6 is 11.8 Å². The molecule has 0 aliphatic carbocycles. The van der Waals surface area contributed by atoms with Crippen LogP contribution in [0.15, 0.2) is 23.1 Å². The number of fused-ring (bicyclic) bond motifs is 1. The number of hydrogen-bond donors (Lipinski definition) is 0. The lowest BCUT2D eigenvalue weighted by atomic mass is 9.81. The fourth-order valence-corrected chi connectivity index (χ4v) is 4.38. The Kier molecular flexibility index (Phi) is 5.83. The van der Waals surface area contributed by atoms with Crippen molar-refractivity contribution in [1.29, 1.82) is 0 Å². The van der Waals surface area contributed by atoms with Crippen LogP contribution in [0.1, 0.15) is 64.9 Å². The third-order valence-corrected chi connectivity index (χ3v) is 5.21. The molecule has 0 bridgehead atoms. The smallest absolute Gasteiger partial charge is 0.124 e. The normalized spacial score (nSPS) is 16.8. The summed E-state index contributed by atoms with van der Waals surface area (Å²) in [5, 5.41) is 0. The van der Waals surface area contributed by atoms with Crippen molar-refractivity contribution in [2.75, 3.05) is 12.4 Å². The fourth-order valence-electron chi connectivity index (χ4n) is 2.85. The number of benzene rings is 1. The highest BCUT2D eigenvalue weighted by Crippen LogP contribution is 2.45. The molecule has 1 aliphatic heterocycles. The SMILES string of the molecule is CCCCCCCOc1cccc2c1C(C)(C)CCS2. The summed E-state index contributed by atoms with van der Waals surface area (Å²) in [4.78, 5) is 1.42. The van der Waals surface area contributed by atoms with E-state index in [0.29, 0.717) is 0 Å². The Morgan fingerprint density at radius 3 is 2.75 bits per heavy atom. The molecule has 0 fully saturated rings. The third-order valence-electron chi connectivity index (χ3n) is 4.15. The molecule has 1 aliphatic rings. The molecule has 0 radical (unpaired) electrons. The minimum Gasteiger partial charge on any atom is -0.493 e. The molecule has 1 nitrogen and oxygen atoms in total. The third kappa shape index (κ3) is 3.94. The van der Waals surface area contributed by atoms with Crippen molar-refractivity contribution in [3.05, 3.63) is 23.8 Å². The molecular weight excluding hydrogens is 264 g/mol. The molecule has 1 heterocycles. The fraction of sp³-hybridized carbons (Fsp3) is 0.667. The second kappa shape index (κ2) is 7.40. The van der Waals surface area contributed by atoms with E-state index in [1.54, 1.807) is 0 Å². The molecule has 112 valence electrons. The van der Waals surface area contributed by atoms with Gasteiger partial charge in [-0.1, -0.05) is 52.5 Å². The van der Waals surface area contributed by atoms with E-state index < -0.39 is 0 Å². The molecule has 0 saturated carbocycles. The van der Waals surface area contributed by atoms with E-state index in [1.165, 1.54) is 54.7 Å². The Morgan fingerprint density at radius 2 is 1.95 bits per heavy atom. The van der Waals surface area contributed by atoms with Gasteiger partial charge in [0, 0.05) is 10.5 Å². The summed E-state index contributed by atoms with van der Waals surface area (Å²) in [5.74, 6) is 2.34.